The zero-order valence-corrected chi connectivity index (χ0v) is 16.3. The molecule has 1 fully saturated rings. The Morgan fingerprint density at radius 3 is 2.39 bits per heavy atom. The van der Waals surface area contributed by atoms with Crippen LogP contribution < -0.4 is 4.90 Å². The quantitative estimate of drug-likeness (QED) is 0.468. The number of rotatable bonds is 6. The summed E-state index contributed by atoms with van der Waals surface area (Å²) in [6.45, 7) is 4.64. The van der Waals surface area contributed by atoms with Crippen LogP contribution in [0.15, 0.2) is 60.8 Å². The maximum Gasteiger partial charge on any atom is 0.269 e. The highest BCUT2D eigenvalue weighted by Crippen LogP contribution is 2.22. The molecule has 0 atom stereocenters. The van der Waals surface area contributed by atoms with Crippen LogP contribution in [0, 0.1) is 10.1 Å². The predicted molar refractivity (Wildman–Crippen MR) is 112 cm³/mol. The lowest BCUT2D eigenvalue weighted by atomic mass is 10.1. The van der Waals surface area contributed by atoms with E-state index in [0.717, 1.165) is 49.8 Å². The van der Waals surface area contributed by atoms with Gasteiger partial charge in [0, 0.05) is 61.5 Å². The molecule has 0 unspecified atom stereocenters. The van der Waals surface area contributed by atoms with Crippen molar-refractivity contribution in [2.24, 2.45) is 0 Å². The Morgan fingerprint density at radius 2 is 1.71 bits per heavy atom. The number of nitro groups is 1. The molecule has 4 rings (SSSR count). The van der Waals surface area contributed by atoms with Crippen molar-refractivity contribution >= 4 is 22.7 Å². The first-order chi connectivity index (χ1) is 13.7. The number of benzene rings is 2. The van der Waals surface area contributed by atoms with Crippen LogP contribution in [0.1, 0.15) is 15.4 Å². The van der Waals surface area contributed by atoms with Gasteiger partial charge in [-0.05, 0) is 17.7 Å². The second kappa shape index (κ2) is 8.50. The largest absolute Gasteiger partial charge is 0.369 e. The zero-order chi connectivity index (χ0) is 19.3. The van der Waals surface area contributed by atoms with E-state index < -0.39 is 0 Å². The third kappa shape index (κ3) is 4.55. The molecule has 2 aromatic carbocycles. The van der Waals surface area contributed by atoms with Gasteiger partial charge in [0.15, 0.2) is 0 Å². The minimum atomic E-state index is -0.359. The number of nitro benzene ring substituents is 1. The summed E-state index contributed by atoms with van der Waals surface area (Å²) in [5.41, 5.74) is 2.50. The van der Waals surface area contributed by atoms with Crippen molar-refractivity contribution in [3.8, 4) is 0 Å². The number of anilines is 1. The van der Waals surface area contributed by atoms with Crippen molar-refractivity contribution in [1.29, 1.82) is 0 Å². The molecule has 7 heteroatoms. The highest BCUT2D eigenvalue weighted by Gasteiger charge is 2.19. The lowest BCUT2D eigenvalue weighted by Gasteiger charge is -2.35. The number of non-ortho nitro benzene ring substituents is 1. The van der Waals surface area contributed by atoms with Crippen LogP contribution in [0.25, 0.3) is 0 Å². The summed E-state index contributed by atoms with van der Waals surface area (Å²) < 4.78 is 0. The Labute approximate surface area is 168 Å². The van der Waals surface area contributed by atoms with E-state index >= 15 is 0 Å². The molecule has 28 heavy (non-hydrogen) atoms. The molecule has 3 aromatic rings. The second-order valence-electron chi connectivity index (χ2n) is 6.92. The van der Waals surface area contributed by atoms with E-state index in [4.69, 9.17) is 0 Å². The number of piperazine rings is 1. The number of nitrogens with zero attached hydrogens (tertiary/aromatic N) is 4. The minimum absolute atomic E-state index is 0.137. The van der Waals surface area contributed by atoms with E-state index in [1.54, 1.807) is 23.5 Å². The van der Waals surface area contributed by atoms with Crippen LogP contribution >= 0.6 is 11.3 Å². The summed E-state index contributed by atoms with van der Waals surface area (Å²) in [5.74, 6) is 0. The molecule has 6 nitrogen and oxygen atoms in total. The summed E-state index contributed by atoms with van der Waals surface area (Å²) >= 11 is 1.79. The Kier molecular flexibility index (Phi) is 5.64. The molecule has 0 amide bonds. The number of hydrogen-bond donors (Lipinski definition) is 0. The van der Waals surface area contributed by atoms with Crippen LogP contribution in [-0.2, 0) is 13.0 Å². The topological polar surface area (TPSA) is 62.5 Å². The molecule has 0 saturated carbocycles. The van der Waals surface area contributed by atoms with Crippen molar-refractivity contribution in [2.75, 3.05) is 31.1 Å². The first kappa shape index (κ1) is 18.6. The summed E-state index contributed by atoms with van der Waals surface area (Å²) in [6, 6.07) is 17.3. The molecule has 0 spiro atoms. The molecule has 2 heterocycles. The highest BCUT2D eigenvalue weighted by atomic mass is 32.1. The second-order valence-corrected chi connectivity index (χ2v) is 8.12. The smallest absolute Gasteiger partial charge is 0.269 e. The van der Waals surface area contributed by atoms with Gasteiger partial charge in [-0.25, -0.2) is 4.98 Å². The number of hydrogen-bond acceptors (Lipinski definition) is 6. The molecule has 0 aliphatic carbocycles. The van der Waals surface area contributed by atoms with Crippen molar-refractivity contribution in [3.05, 3.63) is 86.4 Å². The maximum atomic E-state index is 10.8. The van der Waals surface area contributed by atoms with Gasteiger partial charge in [0.05, 0.1) is 11.5 Å². The molecular formula is C21H22N4O2S. The number of thiazole rings is 1. The Hall–Kier alpha value is -2.77. The van der Waals surface area contributed by atoms with Crippen LogP contribution in [-0.4, -0.2) is 41.0 Å². The van der Waals surface area contributed by atoms with Crippen molar-refractivity contribution in [2.45, 2.75) is 13.0 Å². The zero-order valence-electron chi connectivity index (χ0n) is 15.5. The molecule has 0 N–H and O–H groups in total. The average Bonchev–Trinajstić information content (AvgIpc) is 3.16. The van der Waals surface area contributed by atoms with E-state index in [9.17, 15) is 10.1 Å². The van der Waals surface area contributed by atoms with Crippen LogP contribution in [0.4, 0.5) is 11.4 Å². The number of aromatic nitrogens is 1. The Bertz CT molecular complexity index is 919. The van der Waals surface area contributed by atoms with Gasteiger partial charge < -0.3 is 4.90 Å². The molecule has 1 aliphatic heterocycles. The third-order valence-electron chi connectivity index (χ3n) is 4.98. The molecule has 1 saturated heterocycles. The van der Waals surface area contributed by atoms with Crippen molar-refractivity contribution < 1.29 is 4.92 Å². The van der Waals surface area contributed by atoms with E-state index in [1.165, 1.54) is 10.4 Å². The average molecular weight is 395 g/mol. The molecule has 0 radical (unpaired) electrons. The van der Waals surface area contributed by atoms with E-state index in [1.807, 2.05) is 24.4 Å². The third-order valence-corrected chi connectivity index (χ3v) is 5.96. The fourth-order valence-corrected chi connectivity index (χ4v) is 4.44. The van der Waals surface area contributed by atoms with Crippen LogP contribution in [0.3, 0.4) is 0 Å². The Morgan fingerprint density at radius 1 is 1.00 bits per heavy atom. The van der Waals surface area contributed by atoms with Gasteiger partial charge in [0.2, 0.25) is 0 Å². The summed E-state index contributed by atoms with van der Waals surface area (Å²) in [6.07, 6.45) is 2.94. The predicted octanol–water partition coefficient (Wildman–Crippen LogP) is 3.96. The fraction of sp³-hybridized carbons (Fsp3) is 0.286. The standard InChI is InChI=1S/C21H22N4O2S/c26-25(27)19-8-6-18(7-9-19)24-12-10-23(11-13-24)16-21-22-15-20(28-21)14-17-4-2-1-3-5-17/h1-9,15H,10-14,16H2. The molecule has 0 bridgehead atoms. The molecule has 1 aliphatic rings. The van der Waals surface area contributed by atoms with Crippen LogP contribution in [0.5, 0.6) is 0 Å². The summed E-state index contributed by atoms with van der Waals surface area (Å²) in [7, 11) is 0. The molecular weight excluding hydrogens is 372 g/mol. The Balaban J connectivity index is 1.29. The maximum absolute atomic E-state index is 10.8. The van der Waals surface area contributed by atoms with E-state index in [0.29, 0.717) is 0 Å². The molecule has 1 aromatic heterocycles. The monoisotopic (exact) mass is 394 g/mol. The first-order valence-electron chi connectivity index (χ1n) is 9.36. The van der Waals surface area contributed by atoms with Gasteiger partial charge in [0.25, 0.3) is 5.69 Å². The van der Waals surface area contributed by atoms with Gasteiger partial charge in [-0.2, -0.15) is 0 Å². The SMILES string of the molecule is O=[N+]([O-])c1ccc(N2CCN(Cc3ncc(Cc4ccccc4)s3)CC2)cc1. The van der Waals surface area contributed by atoms with Crippen LogP contribution in [0.2, 0.25) is 0 Å². The lowest BCUT2D eigenvalue weighted by molar-refractivity contribution is -0.384. The normalized spacial score (nSPS) is 14.9. The van der Waals surface area contributed by atoms with Gasteiger partial charge in [-0.3, -0.25) is 15.0 Å². The van der Waals surface area contributed by atoms with Crippen molar-refractivity contribution in [3.63, 3.8) is 0 Å². The summed E-state index contributed by atoms with van der Waals surface area (Å²) in [5, 5.41) is 12.0. The molecule has 144 valence electrons. The van der Waals surface area contributed by atoms with Gasteiger partial charge in [-0.15, -0.1) is 11.3 Å². The van der Waals surface area contributed by atoms with Crippen molar-refractivity contribution in [1.82, 2.24) is 9.88 Å². The fourth-order valence-electron chi connectivity index (χ4n) is 3.44. The minimum Gasteiger partial charge on any atom is -0.369 e. The van der Waals surface area contributed by atoms with Gasteiger partial charge >= 0.3 is 0 Å². The first-order valence-corrected chi connectivity index (χ1v) is 10.2. The van der Waals surface area contributed by atoms with Gasteiger partial charge in [-0.1, -0.05) is 30.3 Å². The van der Waals surface area contributed by atoms with Gasteiger partial charge in [0.1, 0.15) is 5.01 Å². The highest BCUT2D eigenvalue weighted by molar-refractivity contribution is 7.11. The summed E-state index contributed by atoms with van der Waals surface area (Å²) in [4.78, 5) is 21.0. The van der Waals surface area contributed by atoms with E-state index in [2.05, 4.69) is 39.0 Å². The lowest BCUT2D eigenvalue weighted by Crippen LogP contribution is -2.45. The van der Waals surface area contributed by atoms with E-state index in [-0.39, 0.29) is 10.6 Å².